The van der Waals surface area contributed by atoms with Crippen molar-refractivity contribution in [2.24, 2.45) is 0 Å². The van der Waals surface area contributed by atoms with Crippen LogP contribution >= 0.6 is 11.8 Å². The molecule has 3 nitrogen and oxygen atoms in total. The van der Waals surface area contributed by atoms with Gasteiger partial charge in [-0.15, -0.1) is 11.8 Å². The Morgan fingerprint density at radius 2 is 1.83 bits per heavy atom. The number of ether oxygens (including phenoxy) is 2. The van der Waals surface area contributed by atoms with E-state index >= 15 is 0 Å². The Bertz CT molecular complexity index is 371. The molecule has 0 saturated carbocycles. The zero-order chi connectivity index (χ0) is 13.1. The van der Waals surface area contributed by atoms with Gasteiger partial charge in [0, 0.05) is 12.0 Å². The van der Waals surface area contributed by atoms with E-state index in [9.17, 15) is 5.11 Å². The average Bonchev–Trinajstić information content (AvgIpc) is 2.37. The SMILES string of the molecule is COC1C(O)C(C)OC(C)C1Sc1ccccc1. The van der Waals surface area contributed by atoms with Crippen LogP contribution in [0.4, 0.5) is 0 Å². The van der Waals surface area contributed by atoms with Gasteiger partial charge in [-0.25, -0.2) is 0 Å². The molecule has 1 aliphatic heterocycles. The molecule has 0 spiro atoms. The third kappa shape index (κ3) is 2.88. The van der Waals surface area contributed by atoms with E-state index < -0.39 is 6.10 Å². The first-order chi connectivity index (χ1) is 8.63. The van der Waals surface area contributed by atoms with Crippen molar-refractivity contribution in [1.82, 2.24) is 0 Å². The maximum atomic E-state index is 10.1. The Balaban J connectivity index is 2.14. The number of benzene rings is 1. The Labute approximate surface area is 112 Å². The number of thioether (sulfide) groups is 1. The average molecular weight is 268 g/mol. The standard InChI is InChI=1S/C14H20O3S/c1-9-12(15)13(16-3)14(10(2)17-9)18-11-7-5-4-6-8-11/h4-10,12-15H,1-3H3. The number of aliphatic hydroxyl groups is 1. The van der Waals surface area contributed by atoms with E-state index in [1.54, 1.807) is 18.9 Å². The highest BCUT2D eigenvalue weighted by atomic mass is 32.2. The van der Waals surface area contributed by atoms with Gasteiger partial charge in [-0.2, -0.15) is 0 Å². The molecule has 18 heavy (non-hydrogen) atoms. The summed E-state index contributed by atoms with van der Waals surface area (Å²) >= 11 is 1.70. The first-order valence-electron chi connectivity index (χ1n) is 6.21. The van der Waals surface area contributed by atoms with Crippen LogP contribution in [-0.4, -0.2) is 41.9 Å². The van der Waals surface area contributed by atoms with Gasteiger partial charge in [0.15, 0.2) is 0 Å². The summed E-state index contributed by atoms with van der Waals surface area (Å²) in [6.45, 7) is 3.92. The predicted molar refractivity (Wildman–Crippen MR) is 72.9 cm³/mol. The molecule has 1 fully saturated rings. The van der Waals surface area contributed by atoms with Gasteiger partial charge in [0.2, 0.25) is 0 Å². The van der Waals surface area contributed by atoms with Gasteiger partial charge < -0.3 is 14.6 Å². The van der Waals surface area contributed by atoms with Crippen molar-refractivity contribution in [1.29, 1.82) is 0 Å². The number of methoxy groups -OCH3 is 1. The van der Waals surface area contributed by atoms with Crippen LogP contribution in [0.1, 0.15) is 13.8 Å². The Kier molecular flexibility index (Phi) is 4.67. The zero-order valence-electron chi connectivity index (χ0n) is 10.9. The van der Waals surface area contributed by atoms with Crippen molar-refractivity contribution in [2.45, 2.75) is 48.4 Å². The zero-order valence-corrected chi connectivity index (χ0v) is 11.8. The lowest BCUT2D eigenvalue weighted by atomic mass is 9.99. The molecule has 4 heteroatoms. The minimum Gasteiger partial charge on any atom is -0.388 e. The molecule has 2 rings (SSSR count). The van der Waals surface area contributed by atoms with E-state index in [0.29, 0.717) is 0 Å². The van der Waals surface area contributed by atoms with Crippen LogP contribution in [0.15, 0.2) is 35.2 Å². The van der Waals surface area contributed by atoms with E-state index in [0.717, 1.165) is 0 Å². The number of aliphatic hydroxyl groups excluding tert-OH is 1. The van der Waals surface area contributed by atoms with E-state index in [1.807, 2.05) is 32.0 Å². The molecule has 0 aromatic heterocycles. The van der Waals surface area contributed by atoms with E-state index in [2.05, 4.69) is 12.1 Å². The van der Waals surface area contributed by atoms with Crippen LogP contribution < -0.4 is 0 Å². The summed E-state index contributed by atoms with van der Waals surface area (Å²) in [4.78, 5) is 1.17. The molecule has 0 aliphatic carbocycles. The molecular weight excluding hydrogens is 248 g/mol. The summed E-state index contributed by atoms with van der Waals surface area (Å²) in [5.41, 5.74) is 0. The fourth-order valence-corrected chi connectivity index (χ4v) is 3.61. The van der Waals surface area contributed by atoms with Crippen molar-refractivity contribution in [3.05, 3.63) is 30.3 Å². The van der Waals surface area contributed by atoms with Gasteiger partial charge in [-0.05, 0) is 26.0 Å². The van der Waals surface area contributed by atoms with Crippen molar-refractivity contribution in [3.63, 3.8) is 0 Å². The summed E-state index contributed by atoms with van der Waals surface area (Å²) in [5, 5.41) is 10.2. The molecule has 0 radical (unpaired) electrons. The van der Waals surface area contributed by atoms with Crippen LogP contribution in [0.25, 0.3) is 0 Å². The fourth-order valence-electron chi connectivity index (χ4n) is 2.32. The van der Waals surface area contributed by atoms with Gasteiger partial charge >= 0.3 is 0 Å². The van der Waals surface area contributed by atoms with Crippen molar-refractivity contribution in [2.75, 3.05) is 7.11 Å². The molecule has 1 aromatic carbocycles. The van der Waals surface area contributed by atoms with Crippen LogP contribution in [0.3, 0.4) is 0 Å². The Hall–Kier alpha value is -0.550. The second kappa shape index (κ2) is 6.06. The molecular formula is C14H20O3S. The number of hydrogen-bond donors (Lipinski definition) is 1. The largest absolute Gasteiger partial charge is 0.388 e. The molecule has 0 bridgehead atoms. The highest BCUT2D eigenvalue weighted by molar-refractivity contribution is 8.00. The molecule has 5 unspecified atom stereocenters. The summed E-state index contributed by atoms with van der Waals surface area (Å²) in [6, 6.07) is 10.1. The third-order valence-electron chi connectivity index (χ3n) is 3.32. The fraction of sp³-hybridized carbons (Fsp3) is 0.571. The lowest BCUT2D eigenvalue weighted by molar-refractivity contribution is -0.160. The molecule has 100 valence electrons. The monoisotopic (exact) mass is 268 g/mol. The molecule has 5 atom stereocenters. The van der Waals surface area contributed by atoms with Crippen LogP contribution in [0, 0.1) is 0 Å². The second-order valence-corrected chi connectivity index (χ2v) is 5.88. The predicted octanol–water partition coefficient (Wildman–Crippen LogP) is 2.33. The summed E-state index contributed by atoms with van der Waals surface area (Å²) in [7, 11) is 1.65. The van der Waals surface area contributed by atoms with Crippen molar-refractivity contribution >= 4 is 11.8 Å². The second-order valence-electron chi connectivity index (χ2n) is 4.63. The highest BCUT2D eigenvalue weighted by Gasteiger charge is 2.42. The summed E-state index contributed by atoms with van der Waals surface area (Å²) in [5.74, 6) is 0. The highest BCUT2D eigenvalue weighted by Crippen LogP contribution is 2.35. The molecule has 1 aliphatic rings. The van der Waals surface area contributed by atoms with E-state index in [4.69, 9.17) is 9.47 Å². The normalized spacial score (nSPS) is 36.6. The van der Waals surface area contributed by atoms with Crippen molar-refractivity contribution < 1.29 is 14.6 Å². The minimum atomic E-state index is -0.576. The molecule has 1 N–H and O–H groups in total. The van der Waals surface area contributed by atoms with Crippen LogP contribution in [0.5, 0.6) is 0 Å². The first-order valence-corrected chi connectivity index (χ1v) is 7.09. The van der Waals surface area contributed by atoms with Gasteiger partial charge in [0.25, 0.3) is 0 Å². The lowest BCUT2D eigenvalue weighted by Gasteiger charge is -2.42. The number of rotatable bonds is 3. The first kappa shape index (κ1) is 13.9. The number of hydrogen-bond acceptors (Lipinski definition) is 4. The summed E-state index contributed by atoms with van der Waals surface area (Å²) < 4.78 is 11.2. The molecule has 0 amide bonds. The topological polar surface area (TPSA) is 38.7 Å². The van der Waals surface area contributed by atoms with Gasteiger partial charge in [0.05, 0.1) is 17.5 Å². The van der Waals surface area contributed by atoms with Gasteiger partial charge in [-0.3, -0.25) is 0 Å². The lowest BCUT2D eigenvalue weighted by Crippen LogP contribution is -2.55. The van der Waals surface area contributed by atoms with E-state index in [-0.39, 0.29) is 23.6 Å². The third-order valence-corrected chi connectivity index (χ3v) is 4.79. The maximum Gasteiger partial charge on any atom is 0.107 e. The van der Waals surface area contributed by atoms with Crippen molar-refractivity contribution in [3.8, 4) is 0 Å². The molecule has 1 heterocycles. The Morgan fingerprint density at radius 1 is 1.17 bits per heavy atom. The summed E-state index contributed by atoms with van der Waals surface area (Å²) in [6.07, 6.45) is -0.905. The van der Waals surface area contributed by atoms with Crippen LogP contribution in [-0.2, 0) is 9.47 Å². The van der Waals surface area contributed by atoms with Crippen LogP contribution in [0.2, 0.25) is 0 Å². The maximum absolute atomic E-state index is 10.1. The quantitative estimate of drug-likeness (QED) is 0.913. The molecule has 1 saturated heterocycles. The molecule has 1 aromatic rings. The minimum absolute atomic E-state index is 0.0542. The van der Waals surface area contributed by atoms with Gasteiger partial charge in [0.1, 0.15) is 12.2 Å². The van der Waals surface area contributed by atoms with E-state index in [1.165, 1.54) is 4.90 Å². The van der Waals surface area contributed by atoms with Gasteiger partial charge in [-0.1, -0.05) is 18.2 Å². The smallest absolute Gasteiger partial charge is 0.107 e. The Morgan fingerprint density at radius 3 is 2.44 bits per heavy atom.